The van der Waals surface area contributed by atoms with Crippen molar-refractivity contribution in [3.05, 3.63) is 11.6 Å². The molecule has 3 aliphatic rings. The van der Waals surface area contributed by atoms with Gasteiger partial charge in [-0.05, 0) is 50.4 Å². The van der Waals surface area contributed by atoms with Crippen LogP contribution >= 0.6 is 0 Å². The van der Waals surface area contributed by atoms with E-state index in [2.05, 4.69) is 20.8 Å². The summed E-state index contributed by atoms with van der Waals surface area (Å²) in [5.41, 5.74) is 0.737. The first-order chi connectivity index (χ1) is 9.34. The van der Waals surface area contributed by atoms with Crippen molar-refractivity contribution in [1.82, 2.24) is 0 Å². The molecule has 0 aromatic rings. The summed E-state index contributed by atoms with van der Waals surface area (Å²) in [6, 6.07) is 0. The Labute approximate surface area is 121 Å². The van der Waals surface area contributed by atoms with Crippen LogP contribution in [0.5, 0.6) is 0 Å². The number of hydrogen-bond donors (Lipinski definition) is 1. The summed E-state index contributed by atoms with van der Waals surface area (Å²) in [6.45, 7) is 6.71. The maximum Gasteiger partial charge on any atom is 0.161 e. The molecule has 0 bridgehead atoms. The van der Waals surface area contributed by atoms with E-state index < -0.39 is 6.10 Å². The lowest BCUT2D eigenvalue weighted by Crippen LogP contribution is -2.43. The number of fused-ring (bicyclic) bond motifs is 1. The van der Waals surface area contributed by atoms with Gasteiger partial charge in [-0.1, -0.05) is 19.9 Å². The standard InChI is InChI=1S/C17H26O3/c1-16(2)9-8-15-17(3,20-15)14(16)10-13(19)11-6-4-5-7-12(11)18/h6,13-15,19H,4-5,7-10H2,1-3H3/t13?,14-,15+,17-/m1/s1. The Balaban J connectivity index is 1.76. The molecule has 1 heterocycles. The molecule has 20 heavy (non-hydrogen) atoms. The molecule has 112 valence electrons. The summed E-state index contributed by atoms with van der Waals surface area (Å²) in [7, 11) is 0. The van der Waals surface area contributed by atoms with Gasteiger partial charge in [0.2, 0.25) is 0 Å². The van der Waals surface area contributed by atoms with Gasteiger partial charge in [-0.15, -0.1) is 0 Å². The highest BCUT2D eigenvalue weighted by molar-refractivity contribution is 5.96. The van der Waals surface area contributed by atoms with E-state index in [1.54, 1.807) is 0 Å². The molecule has 0 radical (unpaired) electrons. The third kappa shape index (κ3) is 2.25. The lowest BCUT2D eigenvalue weighted by Gasteiger charge is -2.41. The highest BCUT2D eigenvalue weighted by atomic mass is 16.6. The molecule has 3 nitrogen and oxygen atoms in total. The van der Waals surface area contributed by atoms with Crippen molar-refractivity contribution in [2.45, 2.75) is 77.1 Å². The van der Waals surface area contributed by atoms with Gasteiger partial charge in [0.15, 0.2) is 5.78 Å². The Kier molecular flexibility index (Phi) is 3.33. The van der Waals surface area contributed by atoms with E-state index in [1.807, 2.05) is 6.08 Å². The molecule has 2 fully saturated rings. The number of aliphatic hydroxyl groups is 1. The second kappa shape index (κ2) is 4.67. The highest BCUT2D eigenvalue weighted by Crippen LogP contribution is 2.59. The van der Waals surface area contributed by atoms with Crippen LogP contribution in [0.25, 0.3) is 0 Å². The molecule has 0 spiro atoms. The highest BCUT2D eigenvalue weighted by Gasteiger charge is 2.64. The third-order valence-electron chi connectivity index (χ3n) is 5.78. The van der Waals surface area contributed by atoms with Crippen LogP contribution in [-0.2, 0) is 9.53 Å². The Bertz CT molecular complexity index is 446. The van der Waals surface area contributed by atoms with E-state index in [4.69, 9.17) is 4.74 Å². The monoisotopic (exact) mass is 278 g/mol. The lowest BCUT2D eigenvalue weighted by atomic mass is 9.62. The van der Waals surface area contributed by atoms with E-state index in [-0.39, 0.29) is 16.8 Å². The van der Waals surface area contributed by atoms with Crippen LogP contribution in [0.4, 0.5) is 0 Å². The number of rotatable bonds is 3. The number of hydrogen-bond acceptors (Lipinski definition) is 3. The van der Waals surface area contributed by atoms with E-state index in [0.717, 1.165) is 25.7 Å². The first kappa shape index (κ1) is 14.3. The van der Waals surface area contributed by atoms with Gasteiger partial charge in [0.1, 0.15) is 0 Å². The van der Waals surface area contributed by atoms with E-state index in [1.165, 1.54) is 0 Å². The van der Waals surface area contributed by atoms with Crippen molar-refractivity contribution < 1.29 is 14.6 Å². The SMILES string of the molecule is CC1(C)CC[C@@H]2O[C@]2(C)[C@@H]1CC(O)C1=CCCCC1=O. The van der Waals surface area contributed by atoms with Crippen molar-refractivity contribution in [1.29, 1.82) is 0 Å². The molecule has 2 aliphatic carbocycles. The van der Waals surface area contributed by atoms with Crippen molar-refractivity contribution >= 4 is 5.78 Å². The molecule has 1 aliphatic heterocycles. The van der Waals surface area contributed by atoms with Crippen molar-refractivity contribution in [3.63, 3.8) is 0 Å². The van der Waals surface area contributed by atoms with E-state index in [9.17, 15) is 9.90 Å². The van der Waals surface area contributed by atoms with Crippen LogP contribution in [0.15, 0.2) is 11.6 Å². The van der Waals surface area contributed by atoms with E-state index >= 15 is 0 Å². The molecule has 3 heteroatoms. The summed E-state index contributed by atoms with van der Waals surface area (Å²) in [5, 5.41) is 10.5. The number of epoxide rings is 1. The normalized spacial score (nSPS) is 40.8. The van der Waals surface area contributed by atoms with Crippen LogP contribution < -0.4 is 0 Å². The second-order valence-corrected chi connectivity index (χ2v) is 7.60. The van der Waals surface area contributed by atoms with Crippen LogP contribution in [-0.4, -0.2) is 28.7 Å². The van der Waals surface area contributed by atoms with Gasteiger partial charge >= 0.3 is 0 Å². The Morgan fingerprint density at radius 2 is 2.20 bits per heavy atom. The average molecular weight is 278 g/mol. The van der Waals surface area contributed by atoms with Gasteiger partial charge in [-0.25, -0.2) is 0 Å². The summed E-state index contributed by atoms with van der Waals surface area (Å²) in [6.07, 6.45) is 7.03. The average Bonchev–Trinajstić information content (AvgIpc) is 3.06. The number of ketones is 1. The van der Waals surface area contributed by atoms with Crippen LogP contribution in [0.3, 0.4) is 0 Å². The van der Waals surface area contributed by atoms with Gasteiger partial charge in [-0.2, -0.15) is 0 Å². The maximum atomic E-state index is 12.0. The minimum absolute atomic E-state index is 0.0823. The van der Waals surface area contributed by atoms with Crippen molar-refractivity contribution in [3.8, 4) is 0 Å². The zero-order chi connectivity index (χ0) is 14.5. The predicted molar refractivity (Wildman–Crippen MR) is 77.3 cm³/mol. The fourth-order valence-corrected chi connectivity index (χ4v) is 4.38. The fraction of sp³-hybridized carbons (Fsp3) is 0.824. The summed E-state index contributed by atoms with van der Waals surface area (Å²) in [4.78, 5) is 12.0. The Hall–Kier alpha value is -0.670. The minimum Gasteiger partial charge on any atom is -0.388 e. The topological polar surface area (TPSA) is 49.8 Å². The summed E-state index contributed by atoms with van der Waals surface area (Å²) < 4.78 is 5.91. The number of carbonyl (C=O) groups excluding carboxylic acids is 1. The zero-order valence-electron chi connectivity index (χ0n) is 12.8. The minimum atomic E-state index is -0.619. The zero-order valence-corrected chi connectivity index (χ0v) is 12.8. The number of carbonyl (C=O) groups is 1. The lowest BCUT2D eigenvalue weighted by molar-refractivity contribution is -0.117. The van der Waals surface area contributed by atoms with Gasteiger partial charge in [0, 0.05) is 12.0 Å². The summed E-state index contributed by atoms with van der Waals surface area (Å²) >= 11 is 0. The molecule has 1 saturated heterocycles. The molecular weight excluding hydrogens is 252 g/mol. The van der Waals surface area contributed by atoms with Crippen LogP contribution in [0.1, 0.15) is 59.3 Å². The first-order valence-corrected chi connectivity index (χ1v) is 7.94. The summed E-state index contributed by atoms with van der Waals surface area (Å²) in [5.74, 6) is 0.454. The molecule has 1 N–H and O–H groups in total. The number of ether oxygens (including phenoxy) is 1. The number of Topliss-reactive ketones (excluding diaryl/α,β-unsaturated/α-hetero) is 1. The smallest absolute Gasteiger partial charge is 0.161 e. The van der Waals surface area contributed by atoms with Gasteiger partial charge in [0.05, 0.1) is 17.8 Å². The largest absolute Gasteiger partial charge is 0.388 e. The van der Waals surface area contributed by atoms with Crippen molar-refractivity contribution in [2.24, 2.45) is 11.3 Å². The molecular formula is C17H26O3. The molecule has 4 atom stereocenters. The van der Waals surface area contributed by atoms with Crippen LogP contribution in [0, 0.1) is 11.3 Å². The Morgan fingerprint density at radius 1 is 1.45 bits per heavy atom. The maximum absolute atomic E-state index is 12.0. The van der Waals surface area contributed by atoms with Gasteiger partial charge in [-0.3, -0.25) is 4.79 Å². The van der Waals surface area contributed by atoms with E-state index in [0.29, 0.717) is 30.4 Å². The predicted octanol–water partition coefficient (Wildman–Crippen LogP) is 3.01. The van der Waals surface area contributed by atoms with Gasteiger partial charge < -0.3 is 9.84 Å². The van der Waals surface area contributed by atoms with Crippen molar-refractivity contribution in [2.75, 3.05) is 0 Å². The number of allylic oxidation sites excluding steroid dienone is 1. The molecule has 0 amide bonds. The molecule has 1 saturated carbocycles. The third-order valence-corrected chi connectivity index (χ3v) is 5.78. The quantitative estimate of drug-likeness (QED) is 0.807. The molecule has 3 rings (SSSR count). The first-order valence-electron chi connectivity index (χ1n) is 7.94. The van der Waals surface area contributed by atoms with Crippen LogP contribution in [0.2, 0.25) is 0 Å². The fourth-order valence-electron chi connectivity index (χ4n) is 4.38. The molecule has 0 aromatic carbocycles. The molecule has 1 unspecified atom stereocenters. The van der Waals surface area contributed by atoms with Gasteiger partial charge in [0.25, 0.3) is 0 Å². The molecule has 0 aromatic heterocycles. The second-order valence-electron chi connectivity index (χ2n) is 7.60. The number of aliphatic hydroxyl groups excluding tert-OH is 1. The Morgan fingerprint density at radius 3 is 2.90 bits per heavy atom.